The number of nitrogens with zero attached hydrogens (tertiary/aromatic N) is 3. The van der Waals surface area contributed by atoms with Gasteiger partial charge in [0, 0.05) is 31.1 Å². The standard InChI is InChI=1S/C12H20ClN3S/c1-3-11-7-16(5-4-15(11)2)8-12-14-10(6-13)9-17-12/h9,11H,3-8H2,1-2H3. The van der Waals surface area contributed by atoms with Crippen LogP contribution in [0.5, 0.6) is 0 Å². The lowest BCUT2D eigenvalue weighted by atomic mass is 10.1. The molecule has 2 heterocycles. The van der Waals surface area contributed by atoms with E-state index in [4.69, 9.17) is 11.6 Å². The van der Waals surface area contributed by atoms with Gasteiger partial charge in [0.15, 0.2) is 0 Å². The van der Waals surface area contributed by atoms with Gasteiger partial charge in [0.25, 0.3) is 0 Å². The molecule has 0 bridgehead atoms. The highest BCUT2D eigenvalue weighted by molar-refractivity contribution is 7.09. The van der Waals surface area contributed by atoms with Gasteiger partial charge >= 0.3 is 0 Å². The molecule has 0 aromatic carbocycles. The van der Waals surface area contributed by atoms with E-state index in [1.54, 1.807) is 11.3 Å². The van der Waals surface area contributed by atoms with Gasteiger partial charge in [-0.25, -0.2) is 4.98 Å². The third-order valence-corrected chi connectivity index (χ3v) is 4.58. The second-order valence-electron chi connectivity index (χ2n) is 4.64. The van der Waals surface area contributed by atoms with Gasteiger partial charge in [0.1, 0.15) is 5.01 Å². The Morgan fingerprint density at radius 1 is 1.53 bits per heavy atom. The predicted octanol–water partition coefficient (Wildman–Crippen LogP) is 2.41. The molecule has 0 spiro atoms. The van der Waals surface area contributed by atoms with Gasteiger partial charge < -0.3 is 4.90 Å². The van der Waals surface area contributed by atoms with Gasteiger partial charge in [-0.3, -0.25) is 4.90 Å². The summed E-state index contributed by atoms with van der Waals surface area (Å²) in [5.41, 5.74) is 1.01. The molecule has 0 saturated carbocycles. The first kappa shape index (κ1) is 13.3. The maximum absolute atomic E-state index is 5.77. The molecule has 1 fully saturated rings. The number of hydrogen-bond acceptors (Lipinski definition) is 4. The molecule has 1 atom stereocenters. The smallest absolute Gasteiger partial charge is 0.107 e. The largest absolute Gasteiger partial charge is 0.301 e. The molecule has 0 radical (unpaired) electrons. The molecule has 1 aromatic heterocycles. The number of rotatable bonds is 4. The molecule has 5 heteroatoms. The molecule has 0 aliphatic carbocycles. The first-order valence-corrected chi connectivity index (χ1v) is 7.56. The zero-order chi connectivity index (χ0) is 12.3. The van der Waals surface area contributed by atoms with Crippen molar-refractivity contribution in [3.63, 3.8) is 0 Å². The number of hydrogen-bond donors (Lipinski definition) is 0. The fraction of sp³-hybridized carbons (Fsp3) is 0.750. The normalized spacial score (nSPS) is 23.1. The fourth-order valence-electron chi connectivity index (χ4n) is 2.27. The van der Waals surface area contributed by atoms with Gasteiger partial charge in [-0.05, 0) is 13.5 Å². The number of thiazole rings is 1. The summed E-state index contributed by atoms with van der Waals surface area (Å²) in [5.74, 6) is 0.525. The van der Waals surface area contributed by atoms with E-state index in [0.29, 0.717) is 11.9 Å². The summed E-state index contributed by atoms with van der Waals surface area (Å²) >= 11 is 7.50. The summed E-state index contributed by atoms with van der Waals surface area (Å²) in [7, 11) is 2.22. The van der Waals surface area contributed by atoms with Crippen molar-refractivity contribution in [3.8, 4) is 0 Å². The van der Waals surface area contributed by atoms with Crippen molar-refractivity contribution in [1.82, 2.24) is 14.8 Å². The van der Waals surface area contributed by atoms with Crippen LogP contribution in [0.25, 0.3) is 0 Å². The van der Waals surface area contributed by atoms with E-state index in [2.05, 4.69) is 34.1 Å². The van der Waals surface area contributed by atoms with Crippen LogP contribution >= 0.6 is 22.9 Å². The Bertz CT molecular complexity index is 355. The molecule has 1 aliphatic heterocycles. The van der Waals surface area contributed by atoms with Crippen LogP contribution in [-0.2, 0) is 12.4 Å². The summed E-state index contributed by atoms with van der Waals surface area (Å²) in [6.07, 6.45) is 1.22. The van der Waals surface area contributed by atoms with Crippen LogP contribution in [0.15, 0.2) is 5.38 Å². The minimum absolute atomic E-state index is 0.525. The number of piperazine rings is 1. The molecule has 17 heavy (non-hydrogen) atoms. The molecule has 0 amide bonds. The van der Waals surface area contributed by atoms with Gasteiger partial charge in [-0.1, -0.05) is 6.92 Å². The lowest BCUT2D eigenvalue weighted by Gasteiger charge is -2.38. The van der Waals surface area contributed by atoms with Crippen molar-refractivity contribution < 1.29 is 0 Å². The van der Waals surface area contributed by atoms with Crippen LogP contribution in [0.3, 0.4) is 0 Å². The lowest BCUT2D eigenvalue weighted by Crippen LogP contribution is -2.50. The average molecular weight is 274 g/mol. The SMILES string of the molecule is CCC1CN(Cc2nc(CCl)cs2)CCN1C. The molecule has 0 N–H and O–H groups in total. The lowest BCUT2D eigenvalue weighted by molar-refractivity contribution is 0.0883. The van der Waals surface area contributed by atoms with E-state index in [0.717, 1.165) is 31.9 Å². The summed E-state index contributed by atoms with van der Waals surface area (Å²) in [5, 5.41) is 3.26. The number of aromatic nitrogens is 1. The van der Waals surface area contributed by atoms with Crippen LogP contribution in [-0.4, -0.2) is 47.5 Å². The van der Waals surface area contributed by atoms with Crippen LogP contribution < -0.4 is 0 Å². The number of alkyl halides is 1. The van der Waals surface area contributed by atoms with Gasteiger partial charge in [0.05, 0.1) is 18.1 Å². The highest BCUT2D eigenvalue weighted by Crippen LogP contribution is 2.17. The quantitative estimate of drug-likeness (QED) is 0.786. The summed E-state index contributed by atoms with van der Waals surface area (Å²) in [4.78, 5) is 9.49. The van der Waals surface area contributed by atoms with Crippen molar-refractivity contribution in [2.45, 2.75) is 31.8 Å². The molecule has 2 rings (SSSR count). The van der Waals surface area contributed by atoms with Crippen molar-refractivity contribution in [2.75, 3.05) is 26.7 Å². The van der Waals surface area contributed by atoms with Crippen LogP contribution in [0, 0.1) is 0 Å². The van der Waals surface area contributed by atoms with Crippen LogP contribution in [0.2, 0.25) is 0 Å². The predicted molar refractivity (Wildman–Crippen MR) is 73.7 cm³/mol. The van der Waals surface area contributed by atoms with E-state index in [9.17, 15) is 0 Å². The molecule has 3 nitrogen and oxygen atoms in total. The number of halogens is 1. The van der Waals surface area contributed by atoms with E-state index >= 15 is 0 Å². The third-order valence-electron chi connectivity index (χ3n) is 3.43. The average Bonchev–Trinajstić information content (AvgIpc) is 2.79. The minimum atomic E-state index is 0.525. The highest BCUT2D eigenvalue weighted by atomic mass is 35.5. The molecular weight excluding hydrogens is 254 g/mol. The van der Waals surface area contributed by atoms with Gasteiger partial charge in [-0.2, -0.15) is 0 Å². The Morgan fingerprint density at radius 3 is 3.00 bits per heavy atom. The Morgan fingerprint density at radius 2 is 2.35 bits per heavy atom. The van der Waals surface area contributed by atoms with Crippen LogP contribution in [0.1, 0.15) is 24.0 Å². The molecular formula is C12H20ClN3S. The summed E-state index contributed by atoms with van der Waals surface area (Å²) in [6.45, 7) is 6.70. The molecule has 1 aliphatic rings. The van der Waals surface area contributed by atoms with E-state index in [1.807, 2.05) is 0 Å². The van der Waals surface area contributed by atoms with Crippen molar-refractivity contribution in [3.05, 3.63) is 16.1 Å². The molecule has 96 valence electrons. The highest BCUT2D eigenvalue weighted by Gasteiger charge is 2.23. The number of likely N-dealkylation sites (N-methyl/N-ethyl adjacent to an activating group) is 1. The topological polar surface area (TPSA) is 19.4 Å². The van der Waals surface area contributed by atoms with E-state index in [1.165, 1.54) is 11.4 Å². The third kappa shape index (κ3) is 3.41. The Labute approximate surface area is 112 Å². The Balaban J connectivity index is 1.90. The second-order valence-corrected chi connectivity index (χ2v) is 5.85. The fourth-order valence-corrected chi connectivity index (χ4v) is 3.33. The minimum Gasteiger partial charge on any atom is -0.301 e. The monoisotopic (exact) mass is 273 g/mol. The first-order valence-electron chi connectivity index (χ1n) is 6.14. The second kappa shape index (κ2) is 6.14. The Kier molecular flexibility index (Phi) is 4.79. The maximum Gasteiger partial charge on any atom is 0.107 e. The van der Waals surface area contributed by atoms with Gasteiger partial charge in [-0.15, -0.1) is 22.9 Å². The summed E-state index contributed by atoms with van der Waals surface area (Å²) < 4.78 is 0. The zero-order valence-electron chi connectivity index (χ0n) is 10.5. The van der Waals surface area contributed by atoms with Crippen LogP contribution in [0.4, 0.5) is 0 Å². The zero-order valence-corrected chi connectivity index (χ0v) is 12.1. The Hall–Kier alpha value is -0.160. The van der Waals surface area contributed by atoms with Gasteiger partial charge in [0.2, 0.25) is 0 Å². The maximum atomic E-state index is 5.77. The van der Waals surface area contributed by atoms with Crippen molar-refractivity contribution in [2.24, 2.45) is 0 Å². The molecule has 1 saturated heterocycles. The van der Waals surface area contributed by atoms with Crippen molar-refractivity contribution >= 4 is 22.9 Å². The van der Waals surface area contributed by atoms with E-state index < -0.39 is 0 Å². The molecule has 1 aromatic rings. The summed E-state index contributed by atoms with van der Waals surface area (Å²) in [6, 6.07) is 0.691. The first-order chi connectivity index (χ1) is 8.22. The van der Waals surface area contributed by atoms with E-state index in [-0.39, 0.29) is 0 Å². The van der Waals surface area contributed by atoms with Crippen molar-refractivity contribution in [1.29, 1.82) is 0 Å². The molecule has 1 unspecified atom stereocenters.